The van der Waals surface area contributed by atoms with Crippen molar-refractivity contribution in [2.24, 2.45) is 0 Å². The van der Waals surface area contributed by atoms with Crippen LogP contribution in [0, 0.1) is 12.7 Å². The number of benzene rings is 3. The number of hydrogen-bond donors (Lipinski definition) is 1. The summed E-state index contributed by atoms with van der Waals surface area (Å²) >= 11 is 5.86. The molecule has 1 aliphatic carbocycles. The van der Waals surface area contributed by atoms with Crippen molar-refractivity contribution in [1.29, 1.82) is 0 Å². The largest absolute Gasteiger partial charge is 0.351 e. The monoisotopic (exact) mass is 496 g/mol. The average Bonchev–Trinajstić information content (AvgIpc) is 3.54. The Morgan fingerprint density at radius 1 is 1.00 bits per heavy atom. The smallest absolute Gasteiger partial charge is 0.258 e. The van der Waals surface area contributed by atoms with Gasteiger partial charge in [-0.05, 0) is 92.4 Å². The van der Waals surface area contributed by atoms with Crippen molar-refractivity contribution in [1.82, 2.24) is 15.5 Å². The highest BCUT2D eigenvalue weighted by Crippen LogP contribution is 2.40. The number of aryl methyl sites for hydroxylation is 3. The van der Waals surface area contributed by atoms with Crippen LogP contribution in [-0.4, -0.2) is 15.3 Å². The lowest BCUT2D eigenvalue weighted by Gasteiger charge is -2.37. The number of aromatic nitrogens is 2. The molecule has 180 valence electrons. The highest BCUT2D eigenvalue weighted by Gasteiger charge is 2.35. The second-order valence-corrected chi connectivity index (χ2v) is 9.75. The highest BCUT2D eigenvalue weighted by molar-refractivity contribution is 7.80. The lowest BCUT2D eigenvalue weighted by Crippen LogP contribution is -2.46. The number of halogens is 1. The van der Waals surface area contributed by atoms with Crippen LogP contribution in [-0.2, 0) is 12.8 Å². The van der Waals surface area contributed by atoms with Crippen molar-refractivity contribution in [3.63, 3.8) is 0 Å². The van der Waals surface area contributed by atoms with Crippen molar-refractivity contribution < 1.29 is 8.91 Å². The lowest BCUT2D eigenvalue weighted by atomic mass is 9.94. The van der Waals surface area contributed by atoms with Gasteiger partial charge in [0.05, 0.1) is 11.6 Å². The van der Waals surface area contributed by atoms with Crippen LogP contribution < -0.4 is 10.2 Å². The molecule has 6 rings (SSSR count). The van der Waals surface area contributed by atoms with Crippen molar-refractivity contribution in [2.75, 3.05) is 4.90 Å². The van der Waals surface area contributed by atoms with Crippen LogP contribution in [0.4, 0.5) is 10.1 Å². The minimum absolute atomic E-state index is 0.293. The third kappa shape index (κ3) is 3.99. The van der Waals surface area contributed by atoms with E-state index in [9.17, 15) is 4.39 Å². The summed E-state index contributed by atoms with van der Waals surface area (Å²) < 4.78 is 19.6. The number of nitrogens with one attached hydrogen (secondary N) is 1. The SMILES string of the molecule is CC1=C(c2nc(-c3cccc(C)c3)no2)C(c2ccc(F)cc2)NC(=S)N1c1ccc2c(c1)CCC2. The van der Waals surface area contributed by atoms with Crippen molar-refractivity contribution in [3.8, 4) is 11.4 Å². The second-order valence-electron chi connectivity index (χ2n) is 9.37. The van der Waals surface area contributed by atoms with Gasteiger partial charge in [-0.3, -0.25) is 4.90 Å². The average molecular weight is 497 g/mol. The highest BCUT2D eigenvalue weighted by atomic mass is 32.1. The zero-order chi connectivity index (χ0) is 24.8. The first-order chi connectivity index (χ1) is 17.5. The van der Waals surface area contributed by atoms with E-state index < -0.39 is 0 Å². The number of anilines is 1. The van der Waals surface area contributed by atoms with Crippen LogP contribution in [0.3, 0.4) is 0 Å². The van der Waals surface area contributed by atoms with Crippen LogP contribution in [0.1, 0.15) is 47.5 Å². The lowest BCUT2D eigenvalue weighted by molar-refractivity contribution is 0.404. The molecule has 1 aliphatic heterocycles. The maximum Gasteiger partial charge on any atom is 0.258 e. The van der Waals surface area contributed by atoms with Crippen molar-refractivity contribution in [2.45, 2.75) is 39.2 Å². The third-order valence-electron chi connectivity index (χ3n) is 6.96. The molecule has 3 aromatic carbocycles. The van der Waals surface area contributed by atoms with Gasteiger partial charge >= 0.3 is 0 Å². The number of hydrogen-bond acceptors (Lipinski definition) is 4. The summed E-state index contributed by atoms with van der Waals surface area (Å²) in [5.74, 6) is 0.627. The van der Waals surface area contributed by atoms with E-state index in [-0.39, 0.29) is 11.9 Å². The van der Waals surface area contributed by atoms with E-state index in [4.69, 9.17) is 21.7 Å². The number of thiocarbonyl (C=S) groups is 1. The van der Waals surface area contributed by atoms with E-state index in [0.29, 0.717) is 16.8 Å². The Morgan fingerprint density at radius 2 is 1.81 bits per heavy atom. The zero-order valence-corrected chi connectivity index (χ0v) is 20.9. The van der Waals surface area contributed by atoms with E-state index in [1.165, 1.54) is 29.7 Å². The van der Waals surface area contributed by atoms with Gasteiger partial charge < -0.3 is 9.84 Å². The molecule has 1 atom stereocenters. The molecule has 0 amide bonds. The zero-order valence-electron chi connectivity index (χ0n) is 20.1. The van der Waals surface area contributed by atoms with Gasteiger partial charge in [0.1, 0.15) is 5.82 Å². The summed E-state index contributed by atoms with van der Waals surface area (Å²) in [5.41, 5.74) is 8.33. The van der Waals surface area contributed by atoms with E-state index >= 15 is 0 Å². The summed E-state index contributed by atoms with van der Waals surface area (Å²) in [7, 11) is 0. The van der Waals surface area contributed by atoms with E-state index in [1.54, 1.807) is 12.1 Å². The molecule has 2 aliphatic rings. The van der Waals surface area contributed by atoms with Crippen LogP contribution in [0.25, 0.3) is 17.0 Å². The normalized spacial score (nSPS) is 17.4. The Hall–Kier alpha value is -3.84. The topological polar surface area (TPSA) is 54.2 Å². The molecule has 1 aromatic heterocycles. The molecule has 0 saturated heterocycles. The number of allylic oxidation sites excluding steroid dienone is 1. The molecule has 4 aromatic rings. The molecule has 5 nitrogen and oxygen atoms in total. The van der Waals surface area contributed by atoms with Gasteiger partial charge in [-0.2, -0.15) is 4.98 Å². The molecule has 0 saturated carbocycles. The van der Waals surface area contributed by atoms with Crippen molar-refractivity contribution in [3.05, 3.63) is 106 Å². The third-order valence-corrected chi connectivity index (χ3v) is 7.26. The Labute approximate surface area is 214 Å². The van der Waals surface area contributed by atoms with Gasteiger partial charge in [0.2, 0.25) is 5.82 Å². The molecule has 7 heteroatoms. The number of nitrogens with zero attached hydrogens (tertiary/aromatic N) is 3. The molecular weight excluding hydrogens is 471 g/mol. The molecule has 2 heterocycles. The van der Waals surface area contributed by atoms with Gasteiger partial charge in [-0.25, -0.2) is 4.39 Å². The van der Waals surface area contributed by atoms with Crippen LogP contribution in [0.5, 0.6) is 0 Å². The molecule has 1 N–H and O–H groups in total. The molecule has 1 unspecified atom stereocenters. The predicted octanol–water partition coefficient (Wildman–Crippen LogP) is 6.54. The Kier molecular flexibility index (Phi) is 5.64. The molecule has 0 spiro atoms. The quantitative estimate of drug-likeness (QED) is 0.324. The summed E-state index contributed by atoms with van der Waals surface area (Å²) in [6, 6.07) is 20.6. The maximum atomic E-state index is 13.7. The van der Waals surface area contributed by atoms with Crippen LogP contribution in [0.15, 0.2) is 77.0 Å². The fourth-order valence-corrected chi connectivity index (χ4v) is 5.53. The molecular formula is C29H25FN4OS. The number of fused-ring (bicyclic) bond motifs is 1. The maximum absolute atomic E-state index is 13.7. The summed E-state index contributed by atoms with van der Waals surface area (Å²) in [5, 5.41) is 8.31. The van der Waals surface area contributed by atoms with Gasteiger partial charge in [-0.1, -0.05) is 47.1 Å². The minimum atomic E-state index is -0.366. The standard InChI is InChI=1S/C29H25FN4OS/c1-17-5-3-8-22(15-17)27-32-28(35-33-27)25-18(2)34(24-14-11-19-6-4-7-21(19)16-24)29(36)31-26(25)20-9-12-23(30)13-10-20/h3,5,8-16,26H,4,6-7H2,1-2H3,(H,31,36). The minimum Gasteiger partial charge on any atom is -0.351 e. The molecule has 0 bridgehead atoms. The van der Waals surface area contributed by atoms with Crippen molar-refractivity contribution >= 4 is 28.6 Å². The summed E-state index contributed by atoms with van der Waals surface area (Å²) in [6.45, 7) is 4.05. The first kappa shape index (κ1) is 22.6. The predicted molar refractivity (Wildman–Crippen MR) is 143 cm³/mol. The van der Waals surface area contributed by atoms with Gasteiger partial charge in [-0.15, -0.1) is 0 Å². The Bertz CT molecular complexity index is 1510. The fraction of sp³-hybridized carbons (Fsp3) is 0.207. The van der Waals surface area contributed by atoms with Crippen LogP contribution in [0.2, 0.25) is 0 Å². The van der Waals surface area contributed by atoms with Gasteiger partial charge in [0.15, 0.2) is 5.11 Å². The van der Waals surface area contributed by atoms with Gasteiger partial charge in [0, 0.05) is 16.9 Å². The molecule has 36 heavy (non-hydrogen) atoms. The van der Waals surface area contributed by atoms with E-state index in [2.05, 4.69) is 28.7 Å². The van der Waals surface area contributed by atoms with Crippen LogP contribution >= 0.6 is 12.2 Å². The fourth-order valence-electron chi connectivity index (χ4n) is 5.17. The molecule has 0 radical (unpaired) electrons. The molecule has 0 fully saturated rings. The first-order valence-corrected chi connectivity index (χ1v) is 12.5. The Morgan fingerprint density at radius 3 is 2.61 bits per heavy atom. The summed E-state index contributed by atoms with van der Waals surface area (Å²) in [6.07, 6.45) is 3.38. The van der Waals surface area contributed by atoms with Gasteiger partial charge in [0.25, 0.3) is 5.89 Å². The van der Waals surface area contributed by atoms with E-state index in [1.807, 2.05) is 43.0 Å². The number of rotatable bonds is 4. The Balaban J connectivity index is 1.49. The second kappa shape index (κ2) is 8.99. The van der Waals surface area contributed by atoms with E-state index in [0.717, 1.165) is 46.5 Å². The first-order valence-electron chi connectivity index (χ1n) is 12.1. The summed E-state index contributed by atoms with van der Waals surface area (Å²) in [4.78, 5) is 6.81.